The van der Waals surface area contributed by atoms with Crippen molar-refractivity contribution in [3.63, 3.8) is 0 Å². The van der Waals surface area contributed by atoms with Crippen LogP contribution in [-0.4, -0.2) is 20.1 Å². The Balaban J connectivity index is 1.27. The second-order valence-corrected chi connectivity index (χ2v) is 15.5. The molecule has 2 aliphatic carbocycles. The summed E-state index contributed by atoms with van der Waals surface area (Å²) in [6, 6.07) is 53.6. The highest BCUT2D eigenvalue weighted by molar-refractivity contribution is 5.95. The quantitative estimate of drug-likeness (QED) is 0.191. The minimum absolute atomic E-state index is 0.333. The van der Waals surface area contributed by atoms with Gasteiger partial charge in [-0.05, 0) is 95.8 Å². The first-order valence-electron chi connectivity index (χ1n) is 18.1. The molecule has 0 amide bonds. The van der Waals surface area contributed by atoms with Gasteiger partial charge in [0.1, 0.15) is 17.2 Å². The molecule has 0 aliphatic heterocycles. The maximum absolute atomic E-state index is 12.2. The Hall–Kier alpha value is -5.71. The monoisotopic (exact) mass is 675 g/mol. The summed E-state index contributed by atoms with van der Waals surface area (Å²) in [5.41, 5.74) is 10.1. The van der Waals surface area contributed by atoms with Crippen LogP contribution in [0.2, 0.25) is 0 Å². The Bertz CT molecular complexity index is 2370. The largest absolute Gasteiger partial charge is 0.377 e. The SMILES string of the molecule is CC(C)(c1ccccc1)c1nc(C(C)(C)c2ccc3c(c2)C2(c4ccccc4-c4ccccc42)c2ccccc2-3)nc(C(C)(O)c2ccccc2)n1. The number of hydrogen-bond donors (Lipinski definition) is 1. The maximum Gasteiger partial charge on any atom is 0.168 e. The van der Waals surface area contributed by atoms with Crippen LogP contribution in [0.3, 0.4) is 0 Å². The van der Waals surface area contributed by atoms with Crippen molar-refractivity contribution < 1.29 is 5.11 Å². The minimum Gasteiger partial charge on any atom is -0.377 e. The zero-order valence-corrected chi connectivity index (χ0v) is 30.2. The highest BCUT2D eigenvalue weighted by Crippen LogP contribution is 2.63. The van der Waals surface area contributed by atoms with E-state index in [9.17, 15) is 5.11 Å². The van der Waals surface area contributed by atoms with Crippen molar-refractivity contribution in [3.8, 4) is 22.3 Å². The zero-order chi connectivity index (χ0) is 35.9. The minimum atomic E-state index is -1.45. The molecule has 1 atom stereocenters. The molecule has 1 N–H and O–H groups in total. The third-order valence-corrected chi connectivity index (χ3v) is 11.7. The van der Waals surface area contributed by atoms with E-state index < -0.39 is 21.8 Å². The topological polar surface area (TPSA) is 58.9 Å². The Kier molecular flexibility index (Phi) is 7.06. The smallest absolute Gasteiger partial charge is 0.168 e. The van der Waals surface area contributed by atoms with Crippen molar-refractivity contribution in [2.45, 2.75) is 56.5 Å². The summed E-state index contributed by atoms with van der Waals surface area (Å²) < 4.78 is 0. The Morgan fingerprint density at radius 1 is 0.385 bits per heavy atom. The fourth-order valence-electron chi connectivity index (χ4n) is 8.64. The van der Waals surface area contributed by atoms with Gasteiger partial charge in [0.15, 0.2) is 5.82 Å². The molecule has 1 unspecified atom stereocenters. The molecule has 1 spiro atoms. The normalized spacial score (nSPS) is 15.0. The third-order valence-electron chi connectivity index (χ3n) is 11.7. The van der Waals surface area contributed by atoms with E-state index in [1.54, 1.807) is 6.92 Å². The average Bonchev–Trinajstić information content (AvgIpc) is 3.65. The van der Waals surface area contributed by atoms with Crippen molar-refractivity contribution in [1.29, 1.82) is 0 Å². The Morgan fingerprint density at radius 3 is 1.27 bits per heavy atom. The van der Waals surface area contributed by atoms with Crippen LogP contribution in [-0.2, 0) is 21.8 Å². The summed E-state index contributed by atoms with van der Waals surface area (Å²) in [4.78, 5) is 15.5. The first kappa shape index (κ1) is 32.2. The fourth-order valence-corrected chi connectivity index (χ4v) is 8.64. The van der Waals surface area contributed by atoms with Gasteiger partial charge in [0.25, 0.3) is 0 Å². The summed E-state index contributed by atoms with van der Waals surface area (Å²) in [6.07, 6.45) is 0. The van der Waals surface area contributed by atoms with Gasteiger partial charge in [0.05, 0.1) is 5.41 Å². The zero-order valence-electron chi connectivity index (χ0n) is 30.2. The van der Waals surface area contributed by atoms with Crippen molar-refractivity contribution in [1.82, 2.24) is 15.0 Å². The third kappa shape index (κ3) is 4.47. The molecule has 4 nitrogen and oxygen atoms in total. The van der Waals surface area contributed by atoms with E-state index in [4.69, 9.17) is 15.0 Å². The average molecular weight is 676 g/mol. The van der Waals surface area contributed by atoms with Gasteiger partial charge in [-0.1, -0.05) is 152 Å². The van der Waals surface area contributed by atoms with Gasteiger partial charge in [-0.15, -0.1) is 0 Å². The van der Waals surface area contributed by atoms with Crippen LogP contribution in [0.1, 0.15) is 91.0 Å². The first-order chi connectivity index (χ1) is 25.1. The molecule has 0 fully saturated rings. The number of aliphatic hydroxyl groups is 1. The van der Waals surface area contributed by atoms with E-state index in [-0.39, 0.29) is 0 Å². The maximum atomic E-state index is 12.2. The summed E-state index contributed by atoms with van der Waals surface area (Å²) in [7, 11) is 0. The van der Waals surface area contributed by atoms with Gasteiger partial charge in [-0.2, -0.15) is 0 Å². The molecule has 52 heavy (non-hydrogen) atoms. The fraction of sp³-hybridized carbons (Fsp3) is 0.188. The highest BCUT2D eigenvalue weighted by Gasteiger charge is 2.52. The lowest BCUT2D eigenvalue weighted by Crippen LogP contribution is -2.34. The molecule has 9 rings (SSSR count). The Morgan fingerprint density at radius 2 is 0.769 bits per heavy atom. The summed E-state index contributed by atoms with van der Waals surface area (Å²) >= 11 is 0. The van der Waals surface area contributed by atoms with E-state index >= 15 is 0 Å². The van der Waals surface area contributed by atoms with E-state index in [1.807, 2.05) is 48.5 Å². The van der Waals surface area contributed by atoms with Crippen LogP contribution >= 0.6 is 0 Å². The summed E-state index contributed by atoms with van der Waals surface area (Å²) in [6.45, 7) is 10.4. The van der Waals surface area contributed by atoms with Gasteiger partial charge in [0, 0.05) is 10.8 Å². The molecular formula is C48H41N3O. The van der Waals surface area contributed by atoms with E-state index in [2.05, 4.69) is 131 Å². The van der Waals surface area contributed by atoms with E-state index in [1.165, 1.54) is 44.5 Å². The van der Waals surface area contributed by atoms with Crippen LogP contribution in [0.15, 0.2) is 152 Å². The molecule has 1 aromatic heterocycles. The van der Waals surface area contributed by atoms with Crippen molar-refractivity contribution in [3.05, 3.63) is 208 Å². The standard InChI is InChI=1S/C48H41N3O/c1-45(2,31-18-8-6-9-19-31)42-49-43(51-44(50-42)47(5,52)32-20-10-7-11-21-32)46(3,4)33-28-29-37-36-24-14-17-27-40(36)48(41(37)30-33)38-25-15-12-22-34(38)35-23-13-16-26-39(35)48/h6-30,52H,1-5H3. The predicted molar refractivity (Wildman–Crippen MR) is 208 cm³/mol. The molecular weight excluding hydrogens is 635 g/mol. The van der Waals surface area contributed by atoms with E-state index in [0.717, 1.165) is 16.7 Å². The van der Waals surface area contributed by atoms with Gasteiger partial charge >= 0.3 is 0 Å². The molecule has 254 valence electrons. The van der Waals surface area contributed by atoms with Crippen molar-refractivity contribution >= 4 is 0 Å². The van der Waals surface area contributed by atoms with Crippen LogP contribution in [0.5, 0.6) is 0 Å². The first-order valence-corrected chi connectivity index (χ1v) is 18.1. The van der Waals surface area contributed by atoms with Gasteiger partial charge in [-0.25, -0.2) is 15.0 Å². The number of rotatable bonds is 6. The van der Waals surface area contributed by atoms with Crippen molar-refractivity contribution in [2.75, 3.05) is 0 Å². The molecule has 0 radical (unpaired) electrons. The van der Waals surface area contributed by atoms with Crippen LogP contribution in [0.4, 0.5) is 0 Å². The lowest BCUT2D eigenvalue weighted by molar-refractivity contribution is 0.0906. The molecule has 0 saturated carbocycles. The van der Waals surface area contributed by atoms with Gasteiger partial charge in [-0.3, -0.25) is 0 Å². The second-order valence-electron chi connectivity index (χ2n) is 15.5. The predicted octanol–water partition coefficient (Wildman–Crippen LogP) is 10.1. The molecule has 1 heterocycles. The molecule has 6 aromatic carbocycles. The van der Waals surface area contributed by atoms with Crippen LogP contribution < -0.4 is 0 Å². The van der Waals surface area contributed by atoms with Crippen LogP contribution in [0.25, 0.3) is 22.3 Å². The molecule has 7 aromatic rings. The lowest BCUT2D eigenvalue weighted by Gasteiger charge is -2.33. The number of nitrogens with zero attached hydrogens (tertiary/aromatic N) is 3. The van der Waals surface area contributed by atoms with Gasteiger partial charge in [0.2, 0.25) is 0 Å². The number of aromatic nitrogens is 3. The molecule has 4 heteroatoms. The van der Waals surface area contributed by atoms with E-state index in [0.29, 0.717) is 17.5 Å². The molecule has 0 bridgehead atoms. The van der Waals surface area contributed by atoms with Crippen molar-refractivity contribution in [2.24, 2.45) is 0 Å². The summed E-state index contributed by atoms with van der Waals surface area (Å²) in [5.74, 6) is 1.57. The number of fused-ring (bicyclic) bond motifs is 10. The number of benzene rings is 6. The summed E-state index contributed by atoms with van der Waals surface area (Å²) in [5, 5.41) is 12.2. The highest BCUT2D eigenvalue weighted by atomic mass is 16.3. The Labute approximate surface area is 305 Å². The number of hydrogen-bond acceptors (Lipinski definition) is 4. The van der Waals surface area contributed by atoms with Crippen LogP contribution in [0, 0.1) is 0 Å². The molecule has 2 aliphatic rings. The van der Waals surface area contributed by atoms with Gasteiger partial charge < -0.3 is 5.11 Å². The molecule has 0 saturated heterocycles. The lowest BCUT2D eigenvalue weighted by atomic mass is 9.69. The second kappa shape index (κ2) is 11.4.